The molecule has 0 unspecified atom stereocenters. The molecule has 0 aromatic heterocycles. The molecule has 1 amide bonds. The molecule has 1 aromatic rings. The summed E-state index contributed by atoms with van der Waals surface area (Å²) < 4.78 is 0. The van der Waals surface area contributed by atoms with Crippen molar-refractivity contribution in [2.75, 3.05) is 20.6 Å². The van der Waals surface area contributed by atoms with Crippen LogP contribution in [-0.2, 0) is 17.9 Å². The number of amides is 1. The summed E-state index contributed by atoms with van der Waals surface area (Å²) in [5.41, 5.74) is 8.39. The van der Waals surface area contributed by atoms with E-state index in [-0.39, 0.29) is 24.2 Å². The lowest BCUT2D eigenvalue weighted by molar-refractivity contribution is -0.134. The zero-order valence-corrected chi connectivity index (χ0v) is 15.2. The molecule has 0 spiro atoms. The zero-order chi connectivity index (χ0) is 16.0. The standard InChI is InChI=1S/C17H29N3O.ClH/c1-6-20(17(21)16(18)13(2)3)12-15-9-7-14(8-10-15)11-19(4)5;/h7-10,13,16H,6,11-12,18H2,1-5H3;1H/t16-;/m0./s1. The normalized spacial score (nSPS) is 12.2. The fourth-order valence-corrected chi connectivity index (χ4v) is 2.18. The topological polar surface area (TPSA) is 49.6 Å². The van der Waals surface area contributed by atoms with Gasteiger partial charge in [0.1, 0.15) is 0 Å². The quantitative estimate of drug-likeness (QED) is 0.837. The number of carbonyl (C=O) groups excluding carboxylic acids is 1. The summed E-state index contributed by atoms with van der Waals surface area (Å²) in [6.07, 6.45) is 0. The van der Waals surface area contributed by atoms with E-state index in [1.807, 2.05) is 25.7 Å². The van der Waals surface area contributed by atoms with Crippen molar-refractivity contribution in [3.63, 3.8) is 0 Å². The van der Waals surface area contributed by atoms with Crippen LogP contribution in [0.25, 0.3) is 0 Å². The number of benzene rings is 1. The van der Waals surface area contributed by atoms with E-state index in [1.54, 1.807) is 0 Å². The lowest BCUT2D eigenvalue weighted by Crippen LogP contribution is -2.46. The molecule has 0 aliphatic heterocycles. The van der Waals surface area contributed by atoms with Crippen LogP contribution in [0, 0.1) is 5.92 Å². The number of hydrogen-bond acceptors (Lipinski definition) is 3. The van der Waals surface area contributed by atoms with Gasteiger partial charge in [-0.2, -0.15) is 0 Å². The highest BCUT2D eigenvalue weighted by Gasteiger charge is 2.22. The Bertz CT molecular complexity index is 446. The van der Waals surface area contributed by atoms with Crippen LogP contribution in [0.4, 0.5) is 0 Å². The van der Waals surface area contributed by atoms with Crippen LogP contribution < -0.4 is 5.73 Å². The molecule has 4 nitrogen and oxygen atoms in total. The first-order chi connectivity index (χ1) is 9.85. The molecule has 0 fully saturated rings. The van der Waals surface area contributed by atoms with Gasteiger partial charge in [-0.25, -0.2) is 0 Å². The van der Waals surface area contributed by atoms with Crippen LogP contribution in [-0.4, -0.2) is 42.4 Å². The van der Waals surface area contributed by atoms with Crippen LogP contribution >= 0.6 is 12.4 Å². The highest BCUT2D eigenvalue weighted by atomic mass is 35.5. The Balaban J connectivity index is 0.00000441. The zero-order valence-electron chi connectivity index (χ0n) is 14.4. The average molecular weight is 328 g/mol. The van der Waals surface area contributed by atoms with Crippen molar-refractivity contribution in [3.05, 3.63) is 35.4 Å². The molecule has 0 heterocycles. The van der Waals surface area contributed by atoms with Gasteiger partial charge in [0, 0.05) is 19.6 Å². The predicted octanol–water partition coefficient (Wildman–Crippen LogP) is 2.50. The Hall–Kier alpha value is -1.10. The second-order valence-corrected chi connectivity index (χ2v) is 6.18. The molecule has 2 N–H and O–H groups in total. The minimum Gasteiger partial charge on any atom is -0.337 e. The lowest BCUT2D eigenvalue weighted by Gasteiger charge is -2.26. The highest BCUT2D eigenvalue weighted by Crippen LogP contribution is 2.11. The first kappa shape index (κ1) is 20.9. The monoisotopic (exact) mass is 327 g/mol. The second-order valence-electron chi connectivity index (χ2n) is 6.18. The van der Waals surface area contributed by atoms with E-state index in [9.17, 15) is 4.79 Å². The van der Waals surface area contributed by atoms with Crippen LogP contribution in [0.1, 0.15) is 31.9 Å². The maximum Gasteiger partial charge on any atom is 0.240 e. The van der Waals surface area contributed by atoms with Crippen LogP contribution in [0.2, 0.25) is 0 Å². The van der Waals surface area contributed by atoms with Gasteiger partial charge in [0.05, 0.1) is 6.04 Å². The Morgan fingerprint density at radius 1 is 1.09 bits per heavy atom. The minimum absolute atomic E-state index is 0. The molecule has 1 atom stereocenters. The molecule has 0 aliphatic rings. The van der Waals surface area contributed by atoms with Crippen molar-refractivity contribution < 1.29 is 4.79 Å². The number of hydrogen-bond donors (Lipinski definition) is 1. The van der Waals surface area contributed by atoms with Crippen molar-refractivity contribution in [1.29, 1.82) is 0 Å². The molecule has 1 rings (SSSR count). The summed E-state index contributed by atoms with van der Waals surface area (Å²) >= 11 is 0. The summed E-state index contributed by atoms with van der Waals surface area (Å²) in [6, 6.07) is 8.01. The fourth-order valence-electron chi connectivity index (χ4n) is 2.18. The van der Waals surface area contributed by atoms with Crippen LogP contribution in [0.5, 0.6) is 0 Å². The number of nitrogens with two attached hydrogens (primary N) is 1. The Morgan fingerprint density at radius 3 is 1.91 bits per heavy atom. The van der Waals surface area contributed by atoms with Gasteiger partial charge in [-0.1, -0.05) is 38.1 Å². The molecule has 5 heteroatoms. The number of carbonyl (C=O) groups is 1. The first-order valence-electron chi connectivity index (χ1n) is 7.62. The Labute approximate surface area is 141 Å². The average Bonchev–Trinajstić information content (AvgIpc) is 2.44. The maximum absolute atomic E-state index is 12.3. The smallest absolute Gasteiger partial charge is 0.240 e. The van der Waals surface area contributed by atoms with Crippen molar-refractivity contribution >= 4 is 18.3 Å². The molecule has 22 heavy (non-hydrogen) atoms. The van der Waals surface area contributed by atoms with E-state index in [2.05, 4.69) is 43.3 Å². The van der Waals surface area contributed by atoms with Gasteiger partial charge < -0.3 is 15.5 Å². The van der Waals surface area contributed by atoms with Crippen LogP contribution in [0.15, 0.2) is 24.3 Å². The number of nitrogens with zero attached hydrogens (tertiary/aromatic N) is 2. The summed E-state index contributed by atoms with van der Waals surface area (Å²) in [4.78, 5) is 16.3. The molecule has 0 aliphatic carbocycles. The third-order valence-electron chi connectivity index (χ3n) is 3.59. The maximum atomic E-state index is 12.3. The van der Waals surface area contributed by atoms with Crippen molar-refractivity contribution in [1.82, 2.24) is 9.80 Å². The van der Waals surface area contributed by atoms with E-state index in [4.69, 9.17) is 5.73 Å². The minimum atomic E-state index is -0.419. The molecular weight excluding hydrogens is 298 g/mol. The third-order valence-corrected chi connectivity index (χ3v) is 3.59. The second kappa shape index (κ2) is 9.82. The van der Waals surface area contributed by atoms with E-state index in [1.165, 1.54) is 5.56 Å². The Morgan fingerprint density at radius 2 is 1.55 bits per heavy atom. The summed E-state index contributed by atoms with van der Waals surface area (Å²) in [5, 5.41) is 0. The highest BCUT2D eigenvalue weighted by molar-refractivity contribution is 5.85. The largest absolute Gasteiger partial charge is 0.337 e. The molecule has 0 bridgehead atoms. The van der Waals surface area contributed by atoms with E-state index in [0.717, 1.165) is 12.1 Å². The van der Waals surface area contributed by atoms with E-state index in [0.29, 0.717) is 13.1 Å². The summed E-state index contributed by atoms with van der Waals surface area (Å²) in [6.45, 7) is 8.18. The molecule has 1 aromatic carbocycles. The van der Waals surface area contributed by atoms with Gasteiger partial charge in [-0.15, -0.1) is 12.4 Å². The van der Waals surface area contributed by atoms with Gasteiger partial charge in [-0.3, -0.25) is 4.79 Å². The SMILES string of the molecule is CCN(Cc1ccc(CN(C)C)cc1)C(=O)[C@@H](N)C(C)C.Cl. The predicted molar refractivity (Wildman–Crippen MR) is 95.0 cm³/mol. The fraction of sp³-hybridized carbons (Fsp3) is 0.588. The summed E-state index contributed by atoms with van der Waals surface area (Å²) in [5.74, 6) is 0.193. The summed E-state index contributed by atoms with van der Waals surface area (Å²) in [7, 11) is 4.11. The molecule has 0 saturated carbocycles. The lowest BCUT2D eigenvalue weighted by atomic mass is 10.0. The van der Waals surface area contributed by atoms with Gasteiger partial charge in [-0.05, 0) is 38.1 Å². The molecule has 0 saturated heterocycles. The third kappa shape index (κ3) is 6.34. The number of halogens is 1. The van der Waals surface area contributed by atoms with Gasteiger partial charge in [0.2, 0.25) is 5.91 Å². The molecule has 126 valence electrons. The van der Waals surface area contributed by atoms with E-state index < -0.39 is 6.04 Å². The Kier molecular flexibility index (Phi) is 9.33. The van der Waals surface area contributed by atoms with Crippen molar-refractivity contribution in [2.24, 2.45) is 11.7 Å². The molecule has 0 radical (unpaired) electrons. The van der Waals surface area contributed by atoms with Gasteiger partial charge in [0.25, 0.3) is 0 Å². The van der Waals surface area contributed by atoms with Gasteiger partial charge >= 0.3 is 0 Å². The number of likely N-dealkylation sites (N-methyl/N-ethyl adjacent to an activating group) is 1. The van der Waals surface area contributed by atoms with E-state index >= 15 is 0 Å². The number of rotatable bonds is 7. The first-order valence-corrected chi connectivity index (χ1v) is 7.62. The van der Waals surface area contributed by atoms with Crippen molar-refractivity contribution in [3.8, 4) is 0 Å². The van der Waals surface area contributed by atoms with Gasteiger partial charge in [0.15, 0.2) is 0 Å². The molecular formula is C17H30ClN3O. The van der Waals surface area contributed by atoms with Crippen molar-refractivity contribution in [2.45, 2.75) is 39.9 Å². The van der Waals surface area contributed by atoms with Crippen LogP contribution in [0.3, 0.4) is 0 Å².